The molecular formula is C13H13Cl2N3O2. The number of aromatic amines is 1. The maximum absolute atomic E-state index is 11.5. The first-order chi connectivity index (χ1) is 9.61. The van der Waals surface area contributed by atoms with Crippen molar-refractivity contribution < 1.29 is 4.74 Å². The third-order valence-corrected chi connectivity index (χ3v) is 3.30. The number of ether oxygens (including phenoxy) is 1. The van der Waals surface area contributed by atoms with Crippen molar-refractivity contribution in [2.45, 2.75) is 6.42 Å². The van der Waals surface area contributed by atoms with Gasteiger partial charge in [0.25, 0.3) is 5.56 Å². The minimum atomic E-state index is -0.325. The van der Waals surface area contributed by atoms with Crippen LogP contribution in [0.4, 0.5) is 5.82 Å². The Morgan fingerprint density at radius 3 is 2.90 bits per heavy atom. The SMILES string of the molecule is COc1c(NCCc2ccc(Cl)cc2Cl)nc[nH]c1=O. The number of benzene rings is 1. The summed E-state index contributed by atoms with van der Waals surface area (Å²) >= 11 is 11.9. The van der Waals surface area contributed by atoms with Gasteiger partial charge in [-0.05, 0) is 24.1 Å². The molecule has 0 amide bonds. The Kier molecular flexibility index (Phi) is 4.87. The maximum Gasteiger partial charge on any atom is 0.295 e. The van der Waals surface area contributed by atoms with E-state index >= 15 is 0 Å². The van der Waals surface area contributed by atoms with Gasteiger partial charge < -0.3 is 15.0 Å². The minimum Gasteiger partial charge on any atom is -0.489 e. The summed E-state index contributed by atoms with van der Waals surface area (Å²) in [6, 6.07) is 5.36. The standard InChI is InChI=1S/C13H13Cl2N3O2/c1-20-11-12(17-7-18-13(11)19)16-5-4-8-2-3-9(14)6-10(8)15/h2-3,6-7H,4-5H2,1H3,(H2,16,17,18,19). The molecular weight excluding hydrogens is 301 g/mol. The number of H-pyrrole nitrogens is 1. The summed E-state index contributed by atoms with van der Waals surface area (Å²) in [6.07, 6.45) is 2.00. The molecule has 106 valence electrons. The third kappa shape index (κ3) is 3.43. The number of anilines is 1. The molecule has 7 heteroatoms. The summed E-state index contributed by atoms with van der Waals surface area (Å²) in [4.78, 5) is 18.0. The van der Waals surface area contributed by atoms with Gasteiger partial charge in [0, 0.05) is 16.6 Å². The molecule has 1 heterocycles. The first kappa shape index (κ1) is 14.7. The number of aromatic nitrogens is 2. The van der Waals surface area contributed by atoms with Crippen molar-refractivity contribution in [1.82, 2.24) is 9.97 Å². The molecule has 0 fully saturated rings. The summed E-state index contributed by atoms with van der Waals surface area (Å²) < 4.78 is 5.01. The van der Waals surface area contributed by atoms with Gasteiger partial charge in [0.15, 0.2) is 5.82 Å². The lowest BCUT2D eigenvalue weighted by Crippen LogP contribution is -2.15. The van der Waals surface area contributed by atoms with Crippen LogP contribution in [-0.4, -0.2) is 23.6 Å². The van der Waals surface area contributed by atoms with Crippen LogP contribution in [0, 0.1) is 0 Å². The van der Waals surface area contributed by atoms with Gasteiger partial charge in [0.1, 0.15) is 0 Å². The molecule has 0 spiro atoms. The van der Waals surface area contributed by atoms with Crippen molar-refractivity contribution in [2.75, 3.05) is 19.0 Å². The Hall–Kier alpha value is -1.72. The summed E-state index contributed by atoms with van der Waals surface area (Å²) in [5, 5.41) is 4.26. The number of nitrogens with one attached hydrogen (secondary N) is 2. The number of rotatable bonds is 5. The Balaban J connectivity index is 2.03. The highest BCUT2D eigenvalue weighted by atomic mass is 35.5. The van der Waals surface area contributed by atoms with Crippen LogP contribution in [-0.2, 0) is 6.42 Å². The van der Waals surface area contributed by atoms with Crippen LogP contribution in [0.25, 0.3) is 0 Å². The quantitative estimate of drug-likeness (QED) is 0.890. The lowest BCUT2D eigenvalue weighted by molar-refractivity contribution is 0.408. The molecule has 2 aromatic rings. The van der Waals surface area contributed by atoms with E-state index < -0.39 is 0 Å². The summed E-state index contributed by atoms with van der Waals surface area (Å²) in [5.41, 5.74) is 0.641. The lowest BCUT2D eigenvalue weighted by atomic mass is 10.1. The van der Waals surface area contributed by atoms with E-state index in [1.54, 1.807) is 12.1 Å². The molecule has 0 saturated carbocycles. The molecule has 2 N–H and O–H groups in total. The first-order valence-corrected chi connectivity index (χ1v) is 6.67. The maximum atomic E-state index is 11.5. The first-order valence-electron chi connectivity index (χ1n) is 5.91. The van der Waals surface area contributed by atoms with Gasteiger partial charge in [0.2, 0.25) is 5.75 Å². The zero-order chi connectivity index (χ0) is 14.5. The van der Waals surface area contributed by atoms with Crippen LogP contribution in [0.1, 0.15) is 5.56 Å². The van der Waals surface area contributed by atoms with Crippen LogP contribution in [0.15, 0.2) is 29.3 Å². The molecule has 0 saturated heterocycles. The van der Waals surface area contributed by atoms with E-state index in [2.05, 4.69) is 15.3 Å². The Morgan fingerprint density at radius 1 is 1.40 bits per heavy atom. The zero-order valence-electron chi connectivity index (χ0n) is 10.7. The fraction of sp³-hybridized carbons (Fsp3) is 0.231. The molecule has 0 aliphatic carbocycles. The number of methoxy groups -OCH3 is 1. The van der Waals surface area contributed by atoms with Gasteiger partial charge in [-0.1, -0.05) is 29.3 Å². The lowest BCUT2D eigenvalue weighted by Gasteiger charge is -2.09. The number of hydrogen-bond donors (Lipinski definition) is 2. The second-order valence-corrected chi connectivity index (χ2v) is 4.87. The fourth-order valence-electron chi connectivity index (χ4n) is 1.74. The van der Waals surface area contributed by atoms with Crippen molar-refractivity contribution in [3.05, 3.63) is 50.5 Å². The van der Waals surface area contributed by atoms with E-state index in [0.717, 1.165) is 5.56 Å². The molecule has 0 atom stereocenters. The van der Waals surface area contributed by atoms with Gasteiger partial charge in [0.05, 0.1) is 13.4 Å². The fourth-order valence-corrected chi connectivity index (χ4v) is 2.25. The summed E-state index contributed by atoms with van der Waals surface area (Å²) in [6.45, 7) is 0.564. The average Bonchev–Trinajstić information content (AvgIpc) is 2.41. The van der Waals surface area contributed by atoms with Crippen molar-refractivity contribution in [2.24, 2.45) is 0 Å². The monoisotopic (exact) mass is 313 g/mol. The van der Waals surface area contributed by atoms with Crippen molar-refractivity contribution >= 4 is 29.0 Å². The van der Waals surface area contributed by atoms with E-state index in [1.165, 1.54) is 13.4 Å². The summed E-state index contributed by atoms with van der Waals surface area (Å²) in [5.74, 6) is 0.566. The predicted molar refractivity (Wildman–Crippen MR) is 80.1 cm³/mol. The largest absolute Gasteiger partial charge is 0.489 e. The van der Waals surface area contributed by atoms with Gasteiger partial charge in [-0.15, -0.1) is 0 Å². The molecule has 0 bridgehead atoms. The highest BCUT2D eigenvalue weighted by Crippen LogP contribution is 2.21. The second-order valence-electron chi connectivity index (χ2n) is 4.03. The van der Waals surface area contributed by atoms with E-state index in [0.29, 0.717) is 28.8 Å². The van der Waals surface area contributed by atoms with Crippen LogP contribution < -0.4 is 15.6 Å². The van der Waals surface area contributed by atoms with Gasteiger partial charge in [-0.3, -0.25) is 4.79 Å². The van der Waals surface area contributed by atoms with E-state index in [4.69, 9.17) is 27.9 Å². The normalized spacial score (nSPS) is 10.3. The van der Waals surface area contributed by atoms with Crippen molar-refractivity contribution in [1.29, 1.82) is 0 Å². The van der Waals surface area contributed by atoms with Crippen molar-refractivity contribution in [3.8, 4) is 5.75 Å². The molecule has 0 aliphatic heterocycles. The van der Waals surface area contributed by atoms with E-state index in [-0.39, 0.29) is 11.3 Å². The van der Waals surface area contributed by atoms with Crippen LogP contribution >= 0.6 is 23.2 Å². The van der Waals surface area contributed by atoms with Gasteiger partial charge >= 0.3 is 0 Å². The highest BCUT2D eigenvalue weighted by molar-refractivity contribution is 6.35. The minimum absolute atomic E-state index is 0.162. The molecule has 0 unspecified atom stereocenters. The Bertz CT molecular complexity index is 658. The third-order valence-electron chi connectivity index (χ3n) is 2.72. The van der Waals surface area contributed by atoms with Crippen LogP contribution in [0.5, 0.6) is 5.75 Å². The molecule has 1 aromatic carbocycles. The molecule has 1 aromatic heterocycles. The topological polar surface area (TPSA) is 67.0 Å². The van der Waals surface area contributed by atoms with Crippen LogP contribution in [0.3, 0.4) is 0 Å². The van der Waals surface area contributed by atoms with Gasteiger partial charge in [-0.2, -0.15) is 0 Å². The van der Waals surface area contributed by atoms with Crippen LogP contribution in [0.2, 0.25) is 10.0 Å². The second kappa shape index (κ2) is 6.63. The zero-order valence-corrected chi connectivity index (χ0v) is 12.3. The van der Waals surface area contributed by atoms with Crippen molar-refractivity contribution in [3.63, 3.8) is 0 Å². The molecule has 20 heavy (non-hydrogen) atoms. The molecule has 0 radical (unpaired) electrons. The molecule has 5 nitrogen and oxygen atoms in total. The predicted octanol–water partition coefficient (Wildman–Crippen LogP) is 2.74. The molecule has 0 aliphatic rings. The Labute approximate surface area is 125 Å². The molecule has 2 rings (SSSR count). The number of hydrogen-bond acceptors (Lipinski definition) is 4. The van der Waals surface area contributed by atoms with E-state index in [1.807, 2.05) is 6.07 Å². The van der Waals surface area contributed by atoms with E-state index in [9.17, 15) is 4.79 Å². The smallest absolute Gasteiger partial charge is 0.295 e. The highest BCUT2D eigenvalue weighted by Gasteiger charge is 2.08. The average molecular weight is 314 g/mol. The number of nitrogens with zero attached hydrogens (tertiary/aromatic N) is 1. The van der Waals surface area contributed by atoms with Gasteiger partial charge in [-0.25, -0.2) is 4.98 Å². The number of halogens is 2. The Morgan fingerprint density at radius 2 is 2.20 bits per heavy atom. The summed E-state index contributed by atoms with van der Waals surface area (Å²) in [7, 11) is 1.42.